The van der Waals surface area contributed by atoms with E-state index in [0.29, 0.717) is 12.2 Å². The van der Waals surface area contributed by atoms with E-state index in [1.807, 2.05) is 24.3 Å². The molecule has 0 radical (unpaired) electrons. The quantitative estimate of drug-likeness (QED) is 0.393. The van der Waals surface area contributed by atoms with Crippen LogP contribution in [0, 0.1) is 0 Å². The molecule has 1 aromatic carbocycles. The van der Waals surface area contributed by atoms with Gasteiger partial charge in [0, 0.05) is 17.3 Å². The number of carbonyl (C=O) groups excluding carboxylic acids is 1. The maximum absolute atomic E-state index is 12.0. The average molecular weight is 353 g/mol. The van der Waals surface area contributed by atoms with Gasteiger partial charge in [0.2, 0.25) is 0 Å². The monoisotopic (exact) mass is 352 g/mol. The minimum Gasteiger partial charge on any atom is -0.299 e. The lowest BCUT2D eigenvalue weighted by atomic mass is 10.0. The fourth-order valence-electron chi connectivity index (χ4n) is 2.58. The Morgan fingerprint density at radius 1 is 0.905 bits per heavy atom. The van der Waals surface area contributed by atoms with E-state index < -0.39 is 0 Å². The smallest absolute Gasteiger partial charge is 0.137 e. The van der Waals surface area contributed by atoms with Crippen LogP contribution in [0.5, 0.6) is 0 Å². The van der Waals surface area contributed by atoms with Crippen molar-refractivity contribution in [3.8, 4) is 0 Å². The van der Waals surface area contributed by atoms with Gasteiger partial charge in [-0.25, -0.2) is 0 Å². The molecule has 0 aliphatic heterocycles. The predicted molar refractivity (Wildman–Crippen MR) is 94.7 cm³/mol. The second-order valence-corrected chi connectivity index (χ2v) is 6.74. The lowest BCUT2D eigenvalue weighted by molar-refractivity contribution is -0.118. The van der Waals surface area contributed by atoms with Crippen molar-refractivity contribution in [1.29, 1.82) is 0 Å². The molecule has 0 atom stereocenters. The van der Waals surface area contributed by atoms with E-state index in [1.54, 1.807) is 0 Å². The molecule has 1 aromatic rings. The molecule has 0 heterocycles. The Bertz CT molecular complexity index is 400. The molecule has 0 aliphatic carbocycles. The number of halogens is 1. The lowest BCUT2D eigenvalue weighted by Crippen LogP contribution is -2.03. The molecule has 21 heavy (non-hydrogen) atoms. The summed E-state index contributed by atoms with van der Waals surface area (Å²) in [6.45, 7) is 2.25. The highest BCUT2D eigenvalue weighted by molar-refractivity contribution is 9.10. The van der Waals surface area contributed by atoms with Crippen molar-refractivity contribution in [2.24, 2.45) is 0 Å². The molecular formula is C19H29BrO. The van der Waals surface area contributed by atoms with Crippen LogP contribution in [0.3, 0.4) is 0 Å². The van der Waals surface area contributed by atoms with Gasteiger partial charge in [0.25, 0.3) is 0 Å². The number of Topliss-reactive ketones (excluding diaryl/α,β-unsaturated/α-hetero) is 1. The van der Waals surface area contributed by atoms with Crippen molar-refractivity contribution in [2.45, 2.75) is 77.6 Å². The summed E-state index contributed by atoms with van der Waals surface area (Å²) in [6, 6.07) is 8.00. The van der Waals surface area contributed by atoms with Gasteiger partial charge < -0.3 is 0 Å². The van der Waals surface area contributed by atoms with Gasteiger partial charge >= 0.3 is 0 Å². The van der Waals surface area contributed by atoms with Crippen LogP contribution in [0.4, 0.5) is 0 Å². The summed E-state index contributed by atoms with van der Waals surface area (Å²) in [5, 5.41) is 0. The third kappa shape index (κ3) is 9.08. The van der Waals surface area contributed by atoms with Crippen molar-refractivity contribution >= 4 is 21.7 Å². The van der Waals surface area contributed by atoms with Crippen LogP contribution < -0.4 is 0 Å². The Balaban J connectivity index is 2.00. The fourth-order valence-corrected chi connectivity index (χ4v) is 3.00. The molecular weight excluding hydrogens is 324 g/mol. The molecule has 2 heteroatoms. The first kappa shape index (κ1) is 18.4. The first-order valence-electron chi connectivity index (χ1n) is 8.49. The van der Waals surface area contributed by atoms with Gasteiger partial charge in [-0.1, -0.05) is 92.4 Å². The van der Waals surface area contributed by atoms with Crippen LogP contribution in [0.15, 0.2) is 28.7 Å². The molecule has 0 saturated carbocycles. The molecule has 118 valence electrons. The highest BCUT2D eigenvalue weighted by Gasteiger charge is 2.06. The molecule has 0 amide bonds. The van der Waals surface area contributed by atoms with Gasteiger partial charge in [-0.2, -0.15) is 0 Å². The molecule has 1 nitrogen and oxygen atoms in total. The van der Waals surface area contributed by atoms with E-state index in [9.17, 15) is 4.79 Å². The normalized spacial score (nSPS) is 10.8. The zero-order valence-corrected chi connectivity index (χ0v) is 15.0. The highest BCUT2D eigenvalue weighted by atomic mass is 79.9. The summed E-state index contributed by atoms with van der Waals surface area (Å²) >= 11 is 3.50. The minimum absolute atomic E-state index is 0.366. The molecule has 0 aliphatic rings. The van der Waals surface area contributed by atoms with E-state index in [4.69, 9.17) is 0 Å². The number of rotatable bonds is 12. The Hall–Kier alpha value is -0.630. The number of benzene rings is 1. The van der Waals surface area contributed by atoms with Crippen molar-refractivity contribution in [1.82, 2.24) is 0 Å². The first-order chi connectivity index (χ1) is 10.2. The minimum atomic E-state index is 0.366. The van der Waals surface area contributed by atoms with Crippen LogP contribution in [0.2, 0.25) is 0 Å². The third-order valence-corrected chi connectivity index (χ3v) is 4.68. The molecule has 0 fully saturated rings. The summed E-state index contributed by atoms with van der Waals surface area (Å²) in [6.07, 6.45) is 13.0. The highest BCUT2D eigenvalue weighted by Crippen LogP contribution is 2.18. The molecule has 0 unspecified atom stereocenters. The number of carbonyl (C=O) groups is 1. The van der Waals surface area contributed by atoms with Gasteiger partial charge in [-0.15, -0.1) is 0 Å². The van der Waals surface area contributed by atoms with Crippen LogP contribution in [0.1, 0.15) is 76.7 Å². The summed E-state index contributed by atoms with van der Waals surface area (Å²) in [5.41, 5.74) is 1.11. The SMILES string of the molecule is CCCCCCCCCCCC(=O)Cc1ccccc1Br. The molecule has 0 bridgehead atoms. The molecule has 0 aromatic heterocycles. The Labute approximate surface area is 138 Å². The second kappa shape index (κ2) is 12.0. The third-order valence-electron chi connectivity index (χ3n) is 3.90. The molecule has 0 N–H and O–H groups in total. The Morgan fingerprint density at radius 2 is 1.48 bits per heavy atom. The Kier molecular flexibility index (Phi) is 10.5. The van der Waals surface area contributed by atoms with Crippen LogP contribution in [-0.2, 0) is 11.2 Å². The lowest BCUT2D eigenvalue weighted by Gasteiger charge is -2.04. The maximum atomic E-state index is 12.0. The van der Waals surface area contributed by atoms with E-state index in [1.165, 1.54) is 51.4 Å². The van der Waals surface area contributed by atoms with E-state index in [0.717, 1.165) is 22.9 Å². The number of unbranched alkanes of at least 4 members (excludes halogenated alkanes) is 8. The van der Waals surface area contributed by atoms with E-state index >= 15 is 0 Å². The second-order valence-electron chi connectivity index (χ2n) is 5.89. The standard InChI is InChI=1S/C19H29BrO/c1-2-3-4-5-6-7-8-9-10-14-18(21)16-17-13-11-12-15-19(17)20/h11-13,15H,2-10,14,16H2,1H3. The van der Waals surface area contributed by atoms with E-state index in [2.05, 4.69) is 22.9 Å². The summed E-state index contributed by atoms with van der Waals surface area (Å²) < 4.78 is 1.05. The van der Waals surface area contributed by atoms with Crippen molar-refractivity contribution in [3.63, 3.8) is 0 Å². The summed E-state index contributed by atoms with van der Waals surface area (Å²) in [7, 11) is 0. The zero-order chi connectivity index (χ0) is 15.3. The average Bonchev–Trinajstić information content (AvgIpc) is 2.48. The topological polar surface area (TPSA) is 17.1 Å². The summed E-state index contributed by atoms with van der Waals surface area (Å²) in [4.78, 5) is 12.0. The Morgan fingerprint density at radius 3 is 2.10 bits per heavy atom. The van der Waals surface area contributed by atoms with Crippen molar-refractivity contribution in [3.05, 3.63) is 34.3 Å². The van der Waals surface area contributed by atoms with Gasteiger partial charge in [0.05, 0.1) is 0 Å². The summed E-state index contributed by atoms with van der Waals surface area (Å²) in [5.74, 6) is 0.366. The van der Waals surface area contributed by atoms with Gasteiger partial charge in [0.1, 0.15) is 5.78 Å². The van der Waals surface area contributed by atoms with Gasteiger partial charge in [0.15, 0.2) is 0 Å². The van der Waals surface area contributed by atoms with Crippen LogP contribution >= 0.6 is 15.9 Å². The molecule has 1 rings (SSSR count). The number of hydrogen-bond donors (Lipinski definition) is 0. The fraction of sp³-hybridized carbons (Fsp3) is 0.632. The zero-order valence-electron chi connectivity index (χ0n) is 13.4. The van der Waals surface area contributed by atoms with Gasteiger partial charge in [-0.3, -0.25) is 4.79 Å². The number of hydrogen-bond acceptors (Lipinski definition) is 1. The van der Waals surface area contributed by atoms with Crippen LogP contribution in [-0.4, -0.2) is 5.78 Å². The predicted octanol–water partition coefficient (Wildman–Crippen LogP) is 6.48. The van der Waals surface area contributed by atoms with Gasteiger partial charge in [-0.05, 0) is 18.1 Å². The largest absolute Gasteiger partial charge is 0.299 e. The maximum Gasteiger partial charge on any atom is 0.137 e. The molecule has 0 spiro atoms. The van der Waals surface area contributed by atoms with Crippen molar-refractivity contribution < 1.29 is 4.79 Å². The molecule has 0 saturated heterocycles. The van der Waals surface area contributed by atoms with E-state index in [-0.39, 0.29) is 0 Å². The number of ketones is 1. The van der Waals surface area contributed by atoms with Crippen molar-refractivity contribution in [2.75, 3.05) is 0 Å². The first-order valence-corrected chi connectivity index (χ1v) is 9.28. The van der Waals surface area contributed by atoms with Crippen LogP contribution in [0.25, 0.3) is 0 Å².